The monoisotopic (exact) mass is 212 g/mol. The fraction of sp³-hybridized carbons (Fsp3) is 0.364. The maximum atomic E-state index is 13.4. The van der Waals surface area contributed by atoms with Crippen LogP contribution in [0.1, 0.15) is 29.3 Å². The number of fused-ring (bicyclic) bond motifs is 1. The van der Waals surface area contributed by atoms with E-state index in [9.17, 15) is 9.18 Å². The molecule has 0 spiro atoms. The van der Waals surface area contributed by atoms with Gasteiger partial charge in [0.05, 0.1) is 5.56 Å². The van der Waals surface area contributed by atoms with Crippen molar-refractivity contribution >= 4 is 17.4 Å². The lowest BCUT2D eigenvalue weighted by atomic mass is 9.84. The van der Waals surface area contributed by atoms with Gasteiger partial charge < -0.3 is 0 Å². The molecule has 1 aromatic carbocycles. The van der Waals surface area contributed by atoms with E-state index in [0.29, 0.717) is 11.4 Å². The summed E-state index contributed by atoms with van der Waals surface area (Å²) in [5.74, 6) is -0.301. The highest BCUT2D eigenvalue weighted by molar-refractivity contribution is 6.30. The van der Waals surface area contributed by atoms with Gasteiger partial charge >= 0.3 is 0 Å². The van der Waals surface area contributed by atoms with Crippen molar-refractivity contribution in [1.82, 2.24) is 0 Å². The van der Waals surface area contributed by atoms with Crippen LogP contribution < -0.4 is 0 Å². The van der Waals surface area contributed by atoms with Crippen molar-refractivity contribution in [1.29, 1.82) is 0 Å². The molecule has 1 atom stereocenters. The van der Waals surface area contributed by atoms with Crippen LogP contribution in [-0.4, -0.2) is 5.78 Å². The molecule has 0 bridgehead atoms. The average molecular weight is 213 g/mol. The molecule has 0 radical (unpaired) electrons. The molecule has 1 unspecified atom stereocenters. The van der Waals surface area contributed by atoms with Crippen LogP contribution in [0.5, 0.6) is 0 Å². The van der Waals surface area contributed by atoms with Crippen molar-refractivity contribution in [2.45, 2.75) is 19.8 Å². The van der Waals surface area contributed by atoms with Crippen LogP contribution in [0.2, 0.25) is 5.02 Å². The largest absolute Gasteiger partial charge is 0.294 e. The number of carbonyl (C=O) groups is 1. The lowest BCUT2D eigenvalue weighted by Crippen LogP contribution is -2.19. The number of hydrogen-bond acceptors (Lipinski definition) is 1. The van der Waals surface area contributed by atoms with Gasteiger partial charge in [0.25, 0.3) is 0 Å². The third-order valence-electron chi connectivity index (χ3n) is 2.52. The molecule has 1 aliphatic carbocycles. The zero-order valence-corrected chi connectivity index (χ0v) is 8.57. The highest BCUT2D eigenvalue weighted by Crippen LogP contribution is 2.29. The Bertz CT molecular complexity index is 401. The molecule has 0 amide bonds. The molecule has 0 aliphatic heterocycles. The van der Waals surface area contributed by atoms with Crippen LogP contribution in [-0.2, 0) is 6.42 Å². The Morgan fingerprint density at radius 2 is 2.14 bits per heavy atom. The molecule has 1 nitrogen and oxygen atoms in total. The van der Waals surface area contributed by atoms with Gasteiger partial charge in [0.15, 0.2) is 5.78 Å². The van der Waals surface area contributed by atoms with Crippen molar-refractivity contribution in [2.75, 3.05) is 0 Å². The first-order valence-corrected chi connectivity index (χ1v) is 4.97. The maximum absolute atomic E-state index is 13.4. The quantitative estimate of drug-likeness (QED) is 0.645. The lowest BCUT2D eigenvalue weighted by molar-refractivity contribution is 0.0949. The Kier molecular flexibility index (Phi) is 2.31. The summed E-state index contributed by atoms with van der Waals surface area (Å²) in [7, 11) is 0. The molecule has 0 saturated heterocycles. The minimum atomic E-state index is -0.482. The second-order valence-corrected chi connectivity index (χ2v) is 4.29. The number of ketones is 1. The molecule has 0 aromatic heterocycles. The summed E-state index contributed by atoms with van der Waals surface area (Å²) < 4.78 is 13.4. The molecule has 74 valence electrons. The maximum Gasteiger partial charge on any atom is 0.166 e. The first-order chi connectivity index (χ1) is 6.58. The average Bonchev–Trinajstić information content (AvgIpc) is 1.99. The van der Waals surface area contributed by atoms with Gasteiger partial charge in [-0.15, -0.1) is 0 Å². The standard InChI is InChI=1S/C11H10ClFO/c1-6-2-7-4-8(12)5-9(13)11(7)10(14)3-6/h4-6H,2-3H2,1H3. The Hall–Kier alpha value is -0.890. The van der Waals surface area contributed by atoms with Crippen LogP contribution >= 0.6 is 11.6 Å². The van der Waals surface area contributed by atoms with Gasteiger partial charge in [0.2, 0.25) is 0 Å². The van der Waals surface area contributed by atoms with Gasteiger partial charge in [-0.1, -0.05) is 18.5 Å². The SMILES string of the molecule is CC1CC(=O)c2c(F)cc(Cl)cc2C1. The highest BCUT2D eigenvalue weighted by atomic mass is 35.5. The Balaban J connectivity index is 2.59. The molecule has 0 fully saturated rings. The minimum absolute atomic E-state index is 0.104. The number of halogens is 2. The summed E-state index contributed by atoms with van der Waals surface area (Å²) in [5.41, 5.74) is 0.992. The van der Waals surface area contributed by atoms with Gasteiger partial charge in [0, 0.05) is 11.4 Å². The highest BCUT2D eigenvalue weighted by Gasteiger charge is 2.25. The second kappa shape index (κ2) is 3.35. The van der Waals surface area contributed by atoms with Gasteiger partial charge in [-0.05, 0) is 30.0 Å². The number of carbonyl (C=O) groups excluding carboxylic acids is 1. The Morgan fingerprint density at radius 3 is 2.86 bits per heavy atom. The van der Waals surface area contributed by atoms with E-state index < -0.39 is 5.82 Å². The van der Waals surface area contributed by atoms with Crippen LogP contribution in [0.15, 0.2) is 12.1 Å². The van der Waals surface area contributed by atoms with E-state index in [1.165, 1.54) is 6.07 Å². The first-order valence-electron chi connectivity index (χ1n) is 4.59. The van der Waals surface area contributed by atoms with E-state index in [1.807, 2.05) is 6.92 Å². The summed E-state index contributed by atoms with van der Waals surface area (Å²) in [6.45, 7) is 1.99. The number of rotatable bonds is 0. The van der Waals surface area contributed by atoms with Gasteiger partial charge in [-0.2, -0.15) is 0 Å². The van der Waals surface area contributed by atoms with E-state index >= 15 is 0 Å². The summed E-state index contributed by atoms with van der Waals surface area (Å²) >= 11 is 5.73. The zero-order valence-electron chi connectivity index (χ0n) is 7.81. The fourth-order valence-electron chi connectivity index (χ4n) is 1.97. The predicted molar refractivity (Wildman–Crippen MR) is 53.2 cm³/mol. The van der Waals surface area contributed by atoms with Gasteiger partial charge in [-0.3, -0.25) is 4.79 Å². The van der Waals surface area contributed by atoms with E-state index in [4.69, 9.17) is 11.6 Å². The van der Waals surface area contributed by atoms with Crippen LogP contribution in [0.3, 0.4) is 0 Å². The van der Waals surface area contributed by atoms with Crippen molar-refractivity contribution in [2.24, 2.45) is 5.92 Å². The topological polar surface area (TPSA) is 17.1 Å². The predicted octanol–water partition coefficient (Wildman–Crippen LogP) is 3.24. The number of benzene rings is 1. The van der Waals surface area contributed by atoms with Gasteiger partial charge in [0.1, 0.15) is 5.82 Å². The minimum Gasteiger partial charge on any atom is -0.294 e. The second-order valence-electron chi connectivity index (χ2n) is 3.86. The van der Waals surface area contributed by atoms with Crippen molar-refractivity contribution in [3.05, 3.63) is 34.1 Å². The molecule has 14 heavy (non-hydrogen) atoms. The van der Waals surface area contributed by atoms with Crippen LogP contribution in [0.25, 0.3) is 0 Å². The molecule has 0 N–H and O–H groups in total. The Morgan fingerprint density at radius 1 is 1.43 bits per heavy atom. The summed E-state index contributed by atoms with van der Waals surface area (Å²) in [6, 6.07) is 2.89. The zero-order chi connectivity index (χ0) is 10.3. The molecule has 3 heteroatoms. The van der Waals surface area contributed by atoms with E-state index in [1.54, 1.807) is 6.07 Å². The molecule has 0 saturated carbocycles. The van der Waals surface area contributed by atoms with Crippen molar-refractivity contribution < 1.29 is 9.18 Å². The molecular formula is C11H10ClFO. The van der Waals surface area contributed by atoms with E-state index in [-0.39, 0.29) is 17.3 Å². The molecule has 1 aromatic rings. The van der Waals surface area contributed by atoms with Crippen LogP contribution in [0.4, 0.5) is 4.39 Å². The van der Waals surface area contributed by atoms with Crippen molar-refractivity contribution in [3.63, 3.8) is 0 Å². The summed E-state index contributed by atoms with van der Waals surface area (Å²) in [5, 5.41) is 0.364. The first kappa shape index (κ1) is 9.66. The van der Waals surface area contributed by atoms with E-state index in [0.717, 1.165) is 12.0 Å². The number of hydrogen-bond donors (Lipinski definition) is 0. The molecule has 2 rings (SSSR count). The van der Waals surface area contributed by atoms with E-state index in [2.05, 4.69) is 0 Å². The molecular weight excluding hydrogens is 203 g/mol. The third kappa shape index (κ3) is 1.55. The number of Topliss-reactive ketones (excluding diaryl/α,β-unsaturated/α-hetero) is 1. The Labute approximate surface area is 86.9 Å². The smallest absolute Gasteiger partial charge is 0.166 e. The molecule has 1 aliphatic rings. The summed E-state index contributed by atoms with van der Waals surface area (Å²) in [6.07, 6.45) is 1.17. The third-order valence-corrected chi connectivity index (χ3v) is 2.74. The van der Waals surface area contributed by atoms with Crippen LogP contribution in [0, 0.1) is 11.7 Å². The fourth-order valence-corrected chi connectivity index (χ4v) is 2.19. The molecule has 0 heterocycles. The lowest BCUT2D eigenvalue weighted by Gasteiger charge is -2.20. The van der Waals surface area contributed by atoms with Crippen molar-refractivity contribution in [3.8, 4) is 0 Å². The normalized spacial score (nSPS) is 20.8. The summed E-state index contributed by atoms with van der Waals surface area (Å²) in [4.78, 5) is 11.5. The van der Waals surface area contributed by atoms with Gasteiger partial charge in [-0.25, -0.2) is 4.39 Å².